The van der Waals surface area contributed by atoms with Crippen molar-refractivity contribution in [2.45, 2.75) is 77.9 Å². The van der Waals surface area contributed by atoms with Gasteiger partial charge in [0.05, 0.1) is 18.1 Å². The number of hydrogen-bond donors (Lipinski definition) is 5. The maximum atomic E-state index is 12.3. The van der Waals surface area contributed by atoms with E-state index in [-0.39, 0.29) is 65.1 Å². The zero-order valence-corrected chi connectivity index (χ0v) is 40.8. The molecule has 0 saturated carbocycles. The van der Waals surface area contributed by atoms with Crippen LogP contribution >= 0.6 is 0 Å². The van der Waals surface area contributed by atoms with E-state index in [1.165, 1.54) is 0 Å². The Morgan fingerprint density at radius 2 is 0.929 bits per heavy atom. The van der Waals surface area contributed by atoms with Crippen molar-refractivity contribution >= 4 is 85.4 Å². The van der Waals surface area contributed by atoms with Gasteiger partial charge >= 0.3 is 0 Å². The number of nitrogens with two attached hydrogens (primary N) is 1. The van der Waals surface area contributed by atoms with Gasteiger partial charge in [-0.3, -0.25) is 38.4 Å². The van der Waals surface area contributed by atoms with Crippen LogP contribution in [0.1, 0.15) is 108 Å². The van der Waals surface area contributed by atoms with E-state index in [4.69, 9.17) is 5.73 Å². The van der Waals surface area contributed by atoms with Crippen LogP contribution in [0.25, 0.3) is 32.7 Å². The molecule has 0 radical (unpaired) electrons. The molecule has 3 aliphatic heterocycles. The van der Waals surface area contributed by atoms with Gasteiger partial charge in [-0.15, -0.1) is 0 Å². The van der Waals surface area contributed by atoms with Gasteiger partial charge in [-0.1, -0.05) is 12.1 Å². The average molecular weight is 955 g/mol. The molecule has 3 aliphatic rings. The van der Waals surface area contributed by atoms with Crippen LogP contribution in [0.3, 0.4) is 0 Å². The Labute approximate surface area is 405 Å². The highest BCUT2D eigenvalue weighted by Crippen LogP contribution is 2.33. The molecule has 18 heteroatoms. The van der Waals surface area contributed by atoms with E-state index in [9.17, 15) is 38.4 Å². The van der Waals surface area contributed by atoms with Gasteiger partial charge in [0, 0.05) is 124 Å². The summed E-state index contributed by atoms with van der Waals surface area (Å²) >= 11 is 0. The van der Waals surface area contributed by atoms with Gasteiger partial charge < -0.3 is 50.5 Å². The number of anilines is 1. The largest absolute Gasteiger partial charge is 0.399 e. The number of nitrogens with zero attached hydrogens (tertiary/aromatic N) is 5. The predicted octanol–water partition coefficient (Wildman–Crippen LogP) is 4.50. The van der Waals surface area contributed by atoms with Gasteiger partial charge in [0.15, 0.2) is 0 Å². The Morgan fingerprint density at radius 3 is 1.29 bits per heavy atom. The number of nitrogens with one attached hydrogen (secondary N) is 4. The molecule has 0 saturated heterocycles. The van der Waals surface area contributed by atoms with E-state index < -0.39 is 0 Å². The SMILES string of the molecule is CCN(C)C(=O)CC1CNC(=O)c2cc3cc(CC(C)=O)ccc3n21.CCN(C)C(=O)CC1CNC(=O)c2cc3cc(N)ccc3n21.CNC(=O)CC1CNC(=O)c2cc3cc(CC(C)=O)ccc3n21. The first kappa shape index (κ1) is 50.1. The molecule has 0 bridgehead atoms. The van der Waals surface area contributed by atoms with Crippen molar-refractivity contribution in [1.82, 2.24) is 44.8 Å². The summed E-state index contributed by atoms with van der Waals surface area (Å²) in [5.41, 5.74) is 12.8. The fourth-order valence-corrected chi connectivity index (χ4v) is 9.38. The quantitative estimate of drug-likeness (QED) is 0.109. The Bertz CT molecular complexity index is 3050. The summed E-state index contributed by atoms with van der Waals surface area (Å²) in [6, 6.07) is 22.4. The monoisotopic (exact) mass is 954 g/mol. The van der Waals surface area contributed by atoms with Crippen LogP contribution in [-0.2, 0) is 36.8 Å². The normalized spacial score (nSPS) is 16.8. The molecule has 3 aromatic heterocycles. The Balaban J connectivity index is 0.000000155. The Morgan fingerprint density at radius 1 is 0.571 bits per heavy atom. The van der Waals surface area contributed by atoms with Crippen molar-refractivity contribution in [3.8, 4) is 0 Å². The van der Waals surface area contributed by atoms with E-state index in [0.29, 0.717) is 87.6 Å². The molecule has 3 atom stereocenters. The third-order valence-electron chi connectivity index (χ3n) is 13.2. The Kier molecular flexibility index (Phi) is 15.2. The summed E-state index contributed by atoms with van der Waals surface area (Å²) in [4.78, 5) is 98.8. The summed E-state index contributed by atoms with van der Waals surface area (Å²) in [6.45, 7) is 9.67. The van der Waals surface area contributed by atoms with Gasteiger partial charge in [0.2, 0.25) is 17.7 Å². The summed E-state index contributed by atoms with van der Waals surface area (Å²) < 4.78 is 5.86. The number of fused-ring (bicyclic) bond motifs is 9. The van der Waals surface area contributed by atoms with Crippen molar-refractivity contribution in [3.63, 3.8) is 0 Å². The number of carbonyl (C=O) groups excluding carboxylic acids is 8. The molecule has 6 aromatic rings. The molecule has 368 valence electrons. The molecule has 0 fully saturated rings. The fourth-order valence-electron chi connectivity index (χ4n) is 9.38. The minimum absolute atomic E-state index is 0.0599. The molecule has 9 rings (SSSR count). The van der Waals surface area contributed by atoms with Crippen LogP contribution in [0.4, 0.5) is 5.69 Å². The topological polar surface area (TPSA) is 232 Å². The van der Waals surface area contributed by atoms with Crippen molar-refractivity contribution in [1.29, 1.82) is 0 Å². The van der Waals surface area contributed by atoms with Gasteiger partial charge in [0.25, 0.3) is 17.7 Å². The van der Waals surface area contributed by atoms with E-state index in [2.05, 4.69) is 21.3 Å². The van der Waals surface area contributed by atoms with Crippen molar-refractivity contribution in [3.05, 3.63) is 101 Å². The van der Waals surface area contributed by atoms with Gasteiger partial charge in [-0.25, -0.2) is 0 Å². The number of carbonyl (C=O) groups is 8. The number of hydrogen-bond acceptors (Lipinski definition) is 9. The van der Waals surface area contributed by atoms with E-state index in [0.717, 1.165) is 43.8 Å². The summed E-state index contributed by atoms with van der Waals surface area (Å²) in [6.07, 6.45) is 1.78. The fraction of sp³-hybridized carbons (Fsp3) is 0.385. The highest BCUT2D eigenvalue weighted by molar-refractivity contribution is 6.02. The maximum Gasteiger partial charge on any atom is 0.268 e. The first-order valence-electron chi connectivity index (χ1n) is 23.6. The zero-order chi connectivity index (χ0) is 50.6. The molecule has 70 heavy (non-hydrogen) atoms. The smallest absolute Gasteiger partial charge is 0.268 e. The number of aromatic nitrogens is 3. The third kappa shape index (κ3) is 10.7. The van der Waals surface area contributed by atoms with E-state index >= 15 is 0 Å². The van der Waals surface area contributed by atoms with Gasteiger partial charge in [0.1, 0.15) is 28.6 Å². The second-order valence-electron chi connectivity index (χ2n) is 18.3. The van der Waals surface area contributed by atoms with E-state index in [1.807, 2.05) is 100 Å². The average Bonchev–Trinajstić information content (AvgIpc) is 4.04. The predicted molar refractivity (Wildman–Crippen MR) is 268 cm³/mol. The van der Waals surface area contributed by atoms with Crippen LogP contribution in [0, 0.1) is 0 Å². The molecular formula is C52H62N10O8. The lowest BCUT2D eigenvalue weighted by Gasteiger charge is -2.28. The number of amides is 6. The molecule has 0 spiro atoms. The molecule has 18 nitrogen and oxygen atoms in total. The van der Waals surface area contributed by atoms with Crippen LogP contribution in [0.5, 0.6) is 0 Å². The number of nitrogen functional groups attached to an aromatic ring is 1. The molecule has 0 aliphatic carbocycles. The first-order valence-corrected chi connectivity index (χ1v) is 23.6. The lowest BCUT2D eigenvalue weighted by atomic mass is 10.1. The minimum Gasteiger partial charge on any atom is -0.399 e. The van der Waals surface area contributed by atoms with Crippen LogP contribution < -0.4 is 27.0 Å². The number of Topliss-reactive ketones (excluding diaryl/α,β-unsaturated/α-hetero) is 2. The van der Waals surface area contributed by atoms with Crippen LogP contribution in [0.15, 0.2) is 72.8 Å². The second kappa shape index (κ2) is 21.3. The summed E-state index contributed by atoms with van der Waals surface area (Å²) in [7, 11) is 5.18. The van der Waals surface area contributed by atoms with Crippen LogP contribution in [-0.4, -0.2) is 124 Å². The number of benzene rings is 3. The highest BCUT2D eigenvalue weighted by Gasteiger charge is 2.32. The summed E-state index contributed by atoms with van der Waals surface area (Å²) in [5, 5.41) is 14.0. The lowest BCUT2D eigenvalue weighted by molar-refractivity contribution is -0.131. The molecule has 3 aromatic carbocycles. The minimum atomic E-state index is -0.137. The lowest BCUT2D eigenvalue weighted by Crippen LogP contribution is -2.41. The Hall–Kier alpha value is -7.76. The maximum absolute atomic E-state index is 12.3. The molecule has 6 amide bonds. The van der Waals surface area contributed by atoms with E-state index in [1.54, 1.807) is 44.8 Å². The number of rotatable bonds is 12. The van der Waals surface area contributed by atoms with Crippen molar-refractivity contribution in [2.24, 2.45) is 0 Å². The first-order chi connectivity index (χ1) is 33.4. The van der Waals surface area contributed by atoms with Gasteiger partial charge in [-0.05, 0) is 99.5 Å². The van der Waals surface area contributed by atoms with Crippen molar-refractivity contribution in [2.75, 3.05) is 59.6 Å². The third-order valence-corrected chi connectivity index (χ3v) is 13.2. The molecule has 6 N–H and O–H groups in total. The van der Waals surface area contributed by atoms with Crippen molar-refractivity contribution < 1.29 is 38.4 Å². The second-order valence-corrected chi connectivity index (χ2v) is 18.3. The van der Waals surface area contributed by atoms with Gasteiger partial charge in [-0.2, -0.15) is 0 Å². The zero-order valence-electron chi connectivity index (χ0n) is 40.8. The number of ketones is 2. The molecule has 3 unspecified atom stereocenters. The van der Waals surface area contributed by atoms with Crippen LogP contribution in [0.2, 0.25) is 0 Å². The standard InChI is InChI=1S/C19H23N3O3.C17H19N3O3.C16H20N4O2/c1-4-21(3)18(24)10-15-11-20-19(25)17-9-14-8-13(7-12(2)23)5-6-16(14)22(15)17;1-10(21)5-11-3-4-14-12(6-11)7-15-17(23)19-9-13(20(14)15)8-16(22)18-2;1-3-19(2)15(21)8-12-9-18-16(22)14-7-10-6-11(17)4-5-13(10)20(12)14/h5-6,8-9,15H,4,7,10-11H2,1-3H3,(H,20,25);3-4,6-7,13H,5,8-9H2,1-2H3,(H,18,22)(H,19,23);4-7,12H,3,8-9,17H2,1-2H3,(H,18,22). The molecule has 6 heterocycles. The highest BCUT2D eigenvalue weighted by atomic mass is 16.2. The molecular weight excluding hydrogens is 893 g/mol. The summed E-state index contributed by atoms with van der Waals surface area (Å²) in [5.74, 6) is -0.0963.